The van der Waals surface area contributed by atoms with Gasteiger partial charge in [0.25, 0.3) is 0 Å². The fourth-order valence-electron chi connectivity index (χ4n) is 2.26. The molecule has 0 saturated carbocycles. The van der Waals surface area contributed by atoms with Crippen molar-refractivity contribution in [3.05, 3.63) is 58.0 Å². The number of aromatic amines is 1. The van der Waals surface area contributed by atoms with Crippen LogP contribution in [0.25, 0.3) is 22.2 Å². The number of nitrogens with one attached hydrogen (secondary N) is 2. The van der Waals surface area contributed by atoms with Crippen molar-refractivity contribution < 1.29 is 0 Å². The first kappa shape index (κ1) is 14.5. The minimum atomic E-state index is 0.525. The van der Waals surface area contributed by atoms with Gasteiger partial charge in [-0.3, -0.25) is 5.10 Å². The van der Waals surface area contributed by atoms with Crippen LogP contribution in [0.2, 0.25) is 10.0 Å². The maximum atomic E-state index is 6.06. The van der Waals surface area contributed by atoms with Crippen molar-refractivity contribution in [1.29, 1.82) is 0 Å². The summed E-state index contributed by atoms with van der Waals surface area (Å²) in [6.45, 7) is 0. The Morgan fingerprint density at radius 1 is 1.04 bits per heavy atom. The number of benzene rings is 2. The fraction of sp³-hybridized carbons (Fsp3) is 0. The Hall–Kier alpha value is -2.08. The van der Waals surface area contributed by atoms with E-state index in [4.69, 9.17) is 23.2 Å². The Balaban J connectivity index is 1.60. The van der Waals surface area contributed by atoms with Crippen LogP contribution >= 0.6 is 34.5 Å². The van der Waals surface area contributed by atoms with Crippen LogP contribution in [0.1, 0.15) is 0 Å². The highest BCUT2D eigenvalue weighted by Crippen LogP contribution is 2.31. The molecule has 0 fully saturated rings. The maximum Gasteiger partial charge on any atom is 0.187 e. The minimum absolute atomic E-state index is 0.525. The van der Waals surface area contributed by atoms with Crippen molar-refractivity contribution in [3.63, 3.8) is 0 Å². The standard InChI is InChI=1S/C16H10Cl2N4S/c17-12-3-1-9(6-13(12)18)15-8-23-16(21-15)20-11-2-4-14-10(5-11)7-19-22-14/h1-8H,(H,19,22)(H,20,21). The molecule has 0 bridgehead atoms. The third-order valence-corrected chi connectivity index (χ3v) is 4.91. The summed E-state index contributed by atoms with van der Waals surface area (Å²) in [5.41, 5.74) is 3.77. The minimum Gasteiger partial charge on any atom is -0.332 e. The van der Waals surface area contributed by atoms with Crippen molar-refractivity contribution in [3.8, 4) is 11.3 Å². The van der Waals surface area contributed by atoms with Gasteiger partial charge in [0, 0.05) is 22.0 Å². The van der Waals surface area contributed by atoms with Gasteiger partial charge in [0.2, 0.25) is 0 Å². The molecular formula is C16H10Cl2N4S. The number of rotatable bonds is 3. The fourth-order valence-corrected chi connectivity index (χ4v) is 3.30. The van der Waals surface area contributed by atoms with Crippen molar-refractivity contribution in [1.82, 2.24) is 15.2 Å². The highest BCUT2D eigenvalue weighted by atomic mass is 35.5. The van der Waals surface area contributed by atoms with Gasteiger partial charge in [-0.25, -0.2) is 4.98 Å². The molecular weight excluding hydrogens is 351 g/mol. The van der Waals surface area contributed by atoms with Gasteiger partial charge in [0.1, 0.15) is 0 Å². The molecule has 2 heterocycles. The molecule has 0 amide bonds. The molecule has 114 valence electrons. The number of H-pyrrole nitrogens is 1. The van der Waals surface area contributed by atoms with Crippen molar-refractivity contribution in [2.45, 2.75) is 0 Å². The number of fused-ring (bicyclic) bond motifs is 1. The second-order valence-electron chi connectivity index (χ2n) is 4.96. The normalized spacial score (nSPS) is 11.0. The summed E-state index contributed by atoms with van der Waals surface area (Å²) in [6.07, 6.45) is 1.80. The lowest BCUT2D eigenvalue weighted by Crippen LogP contribution is -1.89. The second-order valence-corrected chi connectivity index (χ2v) is 6.64. The van der Waals surface area contributed by atoms with Crippen molar-refractivity contribution in [2.24, 2.45) is 0 Å². The molecule has 0 aliphatic rings. The summed E-state index contributed by atoms with van der Waals surface area (Å²) in [4.78, 5) is 4.60. The van der Waals surface area contributed by atoms with Gasteiger partial charge in [-0.2, -0.15) is 5.10 Å². The van der Waals surface area contributed by atoms with E-state index in [1.54, 1.807) is 12.3 Å². The third kappa shape index (κ3) is 2.91. The van der Waals surface area contributed by atoms with Crippen LogP contribution in [0.4, 0.5) is 10.8 Å². The van der Waals surface area contributed by atoms with E-state index in [2.05, 4.69) is 20.5 Å². The lowest BCUT2D eigenvalue weighted by molar-refractivity contribution is 1.12. The predicted octanol–water partition coefficient (Wildman–Crippen LogP) is 5.74. The van der Waals surface area contributed by atoms with E-state index in [9.17, 15) is 0 Å². The SMILES string of the molecule is Clc1ccc(-c2csc(Nc3ccc4[nH]ncc4c3)n2)cc1Cl. The van der Waals surface area contributed by atoms with Gasteiger partial charge in [-0.1, -0.05) is 29.3 Å². The summed E-state index contributed by atoms with van der Waals surface area (Å²) in [5, 5.41) is 15.2. The van der Waals surface area contributed by atoms with E-state index in [1.165, 1.54) is 11.3 Å². The van der Waals surface area contributed by atoms with E-state index in [0.29, 0.717) is 10.0 Å². The largest absolute Gasteiger partial charge is 0.332 e. The van der Waals surface area contributed by atoms with E-state index < -0.39 is 0 Å². The average Bonchev–Trinajstić information content (AvgIpc) is 3.19. The summed E-state index contributed by atoms with van der Waals surface area (Å²) < 4.78 is 0. The zero-order valence-electron chi connectivity index (χ0n) is 11.7. The molecule has 0 saturated heterocycles. The number of hydrogen-bond acceptors (Lipinski definition) is 4. The van der Waals surface area contributed by atoms with Gasteiger partial charge in [-0.05, 0) is 30.3 Å². The number of aromatic nitrogens is 3. The zero-order chi connectivity index (χ0) is 15.8. The van der Waals surface area contributed by atoms with Gasteiger partial charge < -0.3 is 5.32 Å². The predicted molar refractivity (Wildman–Crippen MR) is 96.9 cm³/mol. The Labute approximate surface area is 146 Å². The molecule has 0 atom stereocenters. The van der Waals surface area contributed by atoms with Gasteiger partial charge >= 0.3 is 0 Å². The second kappa shape index (κ2) is 5.85. The molecule has 23 heavy (non-hydrogen) atoms. The van der Waals surface area contributed by atoms with Crippen LogP contribution in [0.3, 0.4) is 0 Å². The third-order valence-electron chi connectivity index (χ3n) is 3.41. The van der Waals surface area contributed by atoms with Crippen LogP contribution in [0.15, 0.2) is 48.0 Å². The van der Waals surface area contributed by atoms with Gasteiger partial charge in [0.05, 0.1) is 27.5 Å². The molecule has 2 aromatic carbocycles. The van der Waals surface area contributed by atoms with E-state index >= 15 is 0 Å². The Bertz CT molecular complexity index is 993. The molecule has 0 spiro atoms. The van der Waals surface area contributed by atoms with Gasteiger partial charge in [-0.15, -0.1) is 11.3 Å². The molecule has 0 radical (unpaired) electrons. The molecule has 4 nitrogen and oxygen atoms in total. The van der Waals surface area contributed by atoms with Crippen LogP contribution < -0.4 is 5.32 Å². The number of halogens is 2. The molecule has 2 N–H and O–H groups in total. The highest BCUT2D eigenvalue weighted by molar-refractivity contribution is 7.14. The molecule has 0 aliphatic heterocycles. The first-order valence-electron chi connectivity index (χ1n) is 6.80. The first-order chi connectivity index (χ1) is 11.2. The quantitative estimate of drug-likeness (QED) is 0.489. The van der Waals surface area contributed by atoms with Crippen molar-refractivity contribution >= 4 is 56.3 Å². The summed E-state index contributed by atoms with van der Waals surface area (Å²) >= 11 is 13.5. The number of anilines is 2. The highest BCUT2D eigenvalue weighted by Gasteiger charge is 2.07. The lowest BCUT2D eigenvalue weighted by atomic mass is 10.2. The summed E-state index contributed by atoms with van der Waals surface area (Å²) in [6, 6.07) is 11.5. The Kier molecular flexibility index (Phi) is 3.69. The van der Waals surface area contributed by atoms with Crippen LogP contribution in [-0.4, -0.2) is 15.2 Å². The maximum absolute atomic E-state index is 6.06. The van der Waals surface area contributed by atoms with Crippen LogP contribution in [-0.2, 0) is 0 Å². The van der Waals surface area contributed by atoms with Crippen LogP contribution in [0.5, 0.6) is 0 Å². The average molecular weight is 361 g/mol. The molecule has 2 aromatic heterocycles. The van der Waals surface area contributed by atoms with Crippen molar-refractivity contribution in [2.75, 3.05) is 5.32 Å². The van der Waals surface area contributed by atoms with Crippen LogP contribution in [0, 0.1) is 0 Å². The summed E-state index contributed by atoms with van der Waals surface area (Å²) in [7, 11) is 0. The number of hydrogen-bond donors (Lipinski definition) is 2. The topological polar surface area (TPSA) is 53.6 Å². The van der Waals surface area contributed by atoms with Gasteiger partial charge in [0.15, 0.2) is 5.13 Å². The smallest absolute Gasteiger partial charge is 0.187 e. The lowest BCUT2D eigenvalue weighted by Gasteiger charge is -2.02. The Morgan fingerprint density at radius 3 is 2.83 bits per heavy atom. The molecule has 4 aromatic rings. The number of nitrogens with zero attached hydrogens (tertiary/aromatic N) is 2. The zero-order valence-corrected chi connectivity index (χ0v) is 14.0. The van der Waals surface area contributed by atoms with E-state index in [1.807, 2.05) is 35.7 Å². The van der Waals surface area contributed by atoms with E-state index in [0.717, 1.165) is 33.0 Å². The molecule has 0 aliphatic carbocycles. The first-order valence-corrected chi connectivity index (χ1v) is 8.44. The number of thiazole rings is 1. The molecule has 7 heteroatoms. The van der Waals surface area contributed by atoms with E-state index in [-0.39, 0.29) is 0 Å². The molecule has 0 unspecified atom stereocenters. The molecule has 4 rings (SSSR count). The Morgan fingerprint density at radius 2 is 1.96 bits per heavy atom. The monoisotopic (exact) mass is 360 g/mol. The summed E-state index contributed by atoms with van der Waals surface area (Å²) in [5.74, 6) is 0.